The molecular weight excluding hydrogens is 1810 g/mol. The molecule has 0 aliphatic carbocycles. The molecule has 15 rings (SSSR count). The number of aromatic nitrogens is 15. The summed E-state index contributed by atoms with van der Waals surface area (Å²) >= 11 is 0. The predicted molar refractivity (Wildman–Crippen MR) is 538 cm³/mol. The summed E-state index contributed by atoms with van der Waals surface area (Å²) in [4.78, 5) is 185. The number of likely N-dealkylation sites (tertiary alicyclic amines) is 3. The third-order valence-corrected chi connectivity index (χ3v) is 26.0. The van der Waals surface area contributed by atoms with E-state index in [-0.39, 0.29) is 127 Å². The fraction of sp³-hybridized carbons (Fsp3) is 0.455. The molecule has 0 radical (unpaired) electrons. The van der Waals surface area contributed by atoms with E-state index in [9.17, 15) is 53.7 Å². The monoisotopic (exact) mass is 1930 g/mol. The lowest BCUT2D eigenvalue weighted by molar-refractivity contribution is -0.138. The lowest BCUT2D eigenvalue weighted by Crippen LogP contribution is -2.43. The molecule has 0 spiro atoms. The number of urea groups is 3. The largest absolute Gasteiger partial charge is 0.480 e. The van der Waals surface area contributed by atoms with Gasteiger partial charge in [-0.05, 0) is 190 Å². The Morgan fingerprint density at radius 1 is 0.362 bits per heavy atom. The number of fused-ring (bicyclic) bond motifs is 3. The normalized spacial score (nSPS) is 13.9. The van der Waals surface area contributed by atoms with Gasteiger partial charge in [0.25, 0.3) is 0 Å². The number of amides is 6. The van der Waals surface area contributed by atoms with E-state index in [0.29, 0.717) is 181 Å². The Kier molecular flexibility index (Phi) is 33.3. The van der Waals surface area contributed by atoms with Crippen molar-refractivity contribution in [1.82, 2.24) is 87.0 Å². The zero-order chi connectivity index (χ0) is 99.5. The summed E-state index contributed by atoms with van der Waals surface area (Å²) in [6.45, 7) is 25.2. The van der Waals surface area contributed by atoms with Crippen LogP contribution in [0.15, 0.2) is 161 Å². The van der Waals surface area contributed by atoms with Crippen LogP contribution >= 0.6 is 0 Å². The Hall–Kier alpha value is -14.9. The average Bonchev–Trinajstić information content (AvgIpc) is 1.68. The van der Waals surface area contributed by atoms with Crippen molar-refractivity contribution in [3.05, 3.63) is 195 Å². The summed E-state index contributed by atoms with van der Waals surface area (Å²) < 4.78 is 28.6. The summed E-state index contributed by atoms with van der Waals surface area (Å²) in [5.74, 6) is -1.75. The maximum absolute atomic E-state index is 15.0. The molecule has 3 aromatic carbocycles. The Morgan fingerprint density at radius 3 is 0.887 bits per heavy atom. The molecule has 3 saturated heterocycles. The molecule has 0 saturated carbocycles. The third kappa shape index (κ3) is 22.5. The highest BCUT2D eigenvalue weighted by Crippen LogP contribution is 2.35. The van der Waals surface area contributed by atoms with Gasteiger partial charge in [-0.2, -0.15) is 15.0 Å². The van der Waals surface area contributed by atoms with Crippen molar-refractivity contribution in [2.24, 2.45) is 0 Å². The molecule has 746 valence electrons. The number of benzene rings is 3. The highest BCUT2D eigenvalue weighted by atomic mass is 16.6. The number of imidazole rings is 3. The van der Waals surface area contributed by atoms with Crippen LogP contribution in [-0.4, -0.2) is 294 Å². The number of carboxylic acid groups (broad SMARTS) is 3. The molecule has 0 unspecified atom stereocenters. The summed E-state index contributed by atoms with van der Waals surface area (Å²) in [6.07, 6.45) is 13.9. The first kappa shape index (κ1) is 101. The van der Waals surface area contributed by atoms with Gasteiger partial charge in [-0.25, -0.2) is 86.8 Å². The second-order valence-electron chi connectivity index (χ2n) is 34.6. The summed E-state index contributed by atoms with van der Waals surface area (Å²) in [6, 6.07) is 27.0. The molecule has 6 amide bonds. The number of carbonyl (C=O) groups is 6. The van der Waals surface area contributed by atoms with E-state index >= 15 is 4.79 Å². The molecule has 3 aliphatic heterocycles. The smallest absolute Gasteiger partial charge is 0.335 e. The summed E-state index contributed by atoms with van der Waals surface area (Å²) in [7, 11) is 0. The first-order valence-electron chi connectivity index (χ1n) is 48.8. The van der Waals surface area contributed by atoms with Gasteiger partial charge in [0, 0.05) is 136 Å². The molecule has 9 aromatic heterocycles. The highest BCUT2D eigenvalue weighted by molar-refractivity contribution is 5.98. The lowest BCUT2D eigenvalue weighted by Gasteiger charge is -2.29. The van der Waals surface area contributed by atoms with Crippen LogP contribution in [0, 0.1) is 0 Å². The maximum Gasteiger partial charge on any atom is 0.335 e. The van der Waals surface area contributed by atoms with E-state index in [4.69, 9.17) is 29.2 Å². The van der Waals surface area contributed by atoms with Crippen molar-refractivity contribution in [3.8, 4) is 17.1 Å². The van der Waals surface area contributed by atoms with E-state index in [2.05, 4.69) is 45.9 Å². The van der Waals surface area contributed by atoms with Crippen molar-refractivity contribution in [2.75, 3.05) is 177 Å². The van der Waals surface area contributed by atoms with Crippen LogP contribution in [0.25, 0.3) is 50.6 Å². The molecule has 3 fully saturated rings. The number of hydrogen-bond acceptors (Lipinski definition) is 27. The third-order valence-electron chi connectivity index (χ3n) is 26.0. The van der Waals surface area contributed by atoms with Crippen LogP contribution < -0.4 is 62.4 Å². The number of aliphatic carboxylic acids is 3. The molecular formula is C99H125N27O15. The minimum absolute atomic E-state index is 0.0124. The van der Waals surface area contributed by atoms with Crippen LogP contribution in [0.3, 0.4) is 0 Å². The Bertz CT molecular complexity index is 6290. The van der Waals surface area contributed by atoms with Crippen molar-refractivity contribution < 1.29 is 58.3 Å². The van der Waals surface area contributed by atoms with Gasteiger partial charge in [-0.3, -0.25) is 28.4 Å². The number of anilines is 9. The van der Waals surface area contributed by atoms with E-state index < -0.39 is 59.2 Å². The van der Waals surface area contributed by atoms with Gasteiger partial charge in [0.1, 0.15) is 41.3 Å². The topological polar surface area (TPSA) is 453 Å². The van der Waals surface area contributed by atoms with Crippen LogP contribution in [0.1, 0.15) is 118 Å². The molecule has 12 heterocycles. The molecule has 12 aromatic rings. The van der Waals surface area contributed by atoms with Crippen LogP contribution in [-0.2, 0) is 67.5 Å². The number of nitrogens with zero attached hydrogens (tertiary/aromatic N) is 24. The van der Waals surface area contributed by atoms with Crippen LogP contribution in [0.5, 0.6) is 0 Å². The van der Waals surface area contributed by atoms with Crippen LogP contribution in [0.4, 0.5) is 66.7 Å². The average molecular weight is 1930 g/mol. The van der Waals surface area contributed by atoms with Gasteiger partial charge >= 0.3 is 53.1 Å². The molecule has 0 bridgehead atoms. The quantitative estimate of drug-likeness (QED) is 0.0193. The molecule has 141 heavy (non-hydrogen) atoms. The van der Waals surface area contributed by atoms with E-state index in [0.717, 1.165) is 38.5 Å². The Morgan fingerprint density at radius 2 is 0.631 bits per heavy atom. The number of hydrogen-bond donors (Lipinski definition) is 6. The van der Waals surface area contributed by atoms with Gasteiger partial charge in [-0.15, -0.1) is 0 Å². The van der Waals surface area contributed by atoms with E-state index in [1.165, 1.54) is 13.7 Å². The van der Waals surface area contributed by atoms with Crippen molar-refractivity contribution >= 4 is 122 Å². The number of nitrogens with one attached hydrogen (secondary N) is 3. The van der Waals surface area contributed by atoms with E-state index in [1.807, 2.05) is 77.0 Å². The minimum Gasteiger partial charge on any atom is -0.480 e. The number of carboxylic acids is 3. The SMILES string of the molecule is CCN(CC)c1ncc(N(CC)C(=O)N2CCCC2)c(N[C@@H](Cc2ccc(-n3c(=O)n(CCOCC(COCCn4c(=O)n(-c5ccc(C[C@H](Nc6nc(N(CC)CC)ncc6N(CC)C(=O)N6CCCC6)C(=O)O)cc5)c5ncccc54)OCCn4c(=O)n(-c5ccc(C[C@H](Nc6nc(N(CC)CC)ncc6N(CC)C(=O)N6CCCC6)C(=O)O)cc5)c5ncccc54)c4cccnc43)cc2)C(=O)O)n1. The minimum atomic E-state index is -1.22. The Labute approximate surface area is 815 Å². The standard InChI is InChI=1S/C99H125N27O15/c1-10-112(11-2)91-103-61-79(118(16-7)94(133)115-46-19-20-47-115)82(109-91)106-73(88(127)128)58-66-31-37-69(38-32-66)124-85-76(28-25-43-100-85)121(97(124)136)52-55-139-64-72(141-57-54-123-78-30-27-45-102-87(78)126(99(123)138)71-41-35-68(36-42-71)60-75(90(131)132)108-84-81(63-105-93(111-84)114(14-5)15-6)120(18-9)96(135)117-50-23-24-51-117)65-140-56-53-122-77-29-26-44-101-86(77)125(98(122)137)70-39-33-67(34-40-70)59-74(89(129)130)107-83-80(62-104-92(110-83)113(12-3)13-4)119(17-8)95(134)116-48-21-22-49-116/h25-45,61-63,72-75H,10-24,46-60,64-65H2,1-9H3,(H,127,128)(H,129,130)(H,131,132)(H,103,106,109)(H,104,107,110)(H,105,108,111)/t73-,74-,75-/m0/s1. The van der Waals surface area contributed by atoms with Gasteiger partial charge in [0.2, 0.25) is 17.8 Å². The van der Waals surface area contributed by atoms with Crippen molar-refractivity contribution in [1.29, 1.82) is 0 Å². The summed E-state index contributed by atoms with van der Waals surface area (Å²) in [5, 5.41) is 42.0. The van der Waals surface area contributed by atoms with Gasteiger partial charge in [0.15, 0.2) is 34.4 Å². The molecule has 3 atom stereocenters. The Balaban J connectivity index is 0.659. The van der Waals surface area contributed by atoms with Gasteiger partial charge < -0.3 is 74.9 Å². The first-order valence-corrected chi connectivity index (χ1v) is 48.8. The number of pyridine rings is 3. The zero-order valence-electron chi connectivity index (χ0n) is 81.3. The fourth-order valence-corrected chi connectivity index (χ4v) is 18.4. The predicted octanol–water partition coefficient (Wildman–Crippen LogP) is 10.4. The second kappa shape index (κ2) is 46.7. The number of carbonyl (C=O) groups excluding carboxylic acids is 3. The molecule has 42 heteroatoms. The molecule has 3 aliphatic rings. The van der Waals surface area contributed by atoms with Crippen molar-refractivity contribution in [2.45, 2.75) is 164 Å². The van der Waals surface area contributed by atoms with E-state index in [1.54, 1.807) is 189 Å². The second-order valence-corrected chi connectivity index (χ2v) is 34.6. The summed E-state index contributed by atoms with van der Waals surface area (Å²) in [5.41, 5.74) is 5.50. The number of rotatable bonds is 47. The molecule has 42 nitrogen and oxygen atoms in total. The highest BCUT2D eigenvalue weighted by Gasteiger charge is 2.35. The zero-order valence-corrected chi connectivity index (χ0v) is 81.3. The molecule has 6 N–H and O–H groups in total. The number of ether oxygens (including phenoxy) is 3. The van der Waals surface area contributed by atoms with Gasteiger partial charge in [-0.1, -0.05) is 36.4 Å². The fourth-order valence-electron chi connectivity index (χ4n) is 18.4. The maximum atomic E-state index is 15.0. The van der Waals surface area contributed by atoms with Crippen molar-refractivity contribution in [3.63, 3.8) is 0 Å². The van der Waals surface area contributed by atoms with Crippen LogP contribution in [0.2, 0.25) is 0 Å². The van der Waals surface area contributed by atoms with Gasteiger partial charge in [0.05, 0.1) is 105 Å². The lowest BCUT2D eigenvalue weighted by atomic mass is 10.1. The first-order chi connectivity index (χ1) is 68.5.